The molecule has 0 bridgehead atoms. The predicted octanol–water partition coefficient (Wildman–Crippen LogP) is 2.31. The molecule has 2 N–H and O–H groups in total. The van der Waals surface area contributed by atoms with Gasteiger partial charge in [0, 0.05) is 0 Å². The summed E-state index contributed by atoms with van der Waals surface area (Å²) in [6, 6.07) is 6.43. The number of benzene rings is 1. The Morgan fingerprint density at radius 1 is 1.10 bits per heavy atom. The molecular weight excluding hydrogens is 283 g/mol. The fourth-order valence-electron chi connectivity index (χ4n) is 1.70. The van der Waals surface area contributed by atoms with Crippen molar-refractivity contribution in [3.8, 4) is 5.75 Å². The summed E-state index contributed by atoms with van der Waals surface area (Å²) >= 11 is 0. The Bertz CT molecular complexity index is 437. The number of hydrogen-bond donors (Lipinski definition) is 2. The molecule has 0 radical (unpaired) electrons. The quantitative estimate of drug-likeness (QED) is 0.717. The summed E-state index contributed by atoms with van der Waals surface area (Å²) in [5, 5.41) is 20.2. The Morgan fingerprint density at radius 2 is 1.60 bits per heavy atom. The molecule has 0 amide bonds. The van der Waals surface area contributed by atoms with E-state index in [1.165, 1.54) is 7.11 Å². The third-order valence-electron chi connectivity index (χ3n) is 2.68. The van der Waals surface area contributed by atoms with Gasteiger partial charge in [0.2, 0.25) is 0 Å². The van der Waals surface area contributed by atoms with Crippen molar-refractivity contribution < 1.29 is 28.6 Å². The minimum atomic E-state index is -3.78. The number of methoxy groups -OCH3 is 1. The van der Waals surface area contributed by atoms with E-state index in [-0.39, 0.29) is 13.2 Å². The highest BCUT2D eigenvalue weighted by Gasteiger charge is 2.39. The topological polar surface area (TPSA) is 85.2 Å². The van der Waals surface area contributed by atoms with Crippen LogP contribution in [-0.4, -0.2) is 36.4 Å². The molecular formula is C13H21O6P. The number of ether oxygens (including phenoxy) is 1. The normalized spacial score (nSPS) is 14.8. The summed E-state index contributed by atoms with van der Waals surface area (Å²) in [4.78, 5) is 0. The first-order valence-electron chi connectivity index (χ1n) is 6.37. The maximum absolute atomic E-state index is 12.4. The van der Waals surface area contributed by atoms with E-state index in [2.05, 4.69) is 0 Å². The molecule has 114 valence electrons. The maximum Gasteiger partial charge on any atom is 0.361 e. The largest absolute Gasteiger partial charge is 0.497 e. The zero-order valence-corrected chi connectivity index (χ0v) is 12.7. The zero-order valence-electron chi connectivity index (χ0n) is 11.9. The van der Waals surface area contributed by atoms with Crippen LogP contribution in [0.5, 0.6) is 5.75 Å². The Kier molecular flexibility index (Phi) is 6.65. The van der Waals surface area contributed by atoms with Gasteiger partial charge in [-0.25, -0.2) is 0 Å². The lowest BCUT2D eigenvalue weighted by Gasteiger charge is -2.26. The van der Waals surface area contributed by atoms with Crippen LogP contribution in [0.1, 0.15) is 25.5 Å². The van der Waals surface area contributed by atoms with Gasteiger partial charge in [-0.2, -0.15) is 0 Å². The summed E-state index contributed by atoms with van der Waals surface area (Å²) in [6.45, 7) is 3.50. The molecule has 0 spiro atoms. The van der Waals surface area contributed by atoms with E-state index in [1.807, 2.05) is 0 Å². The van der Waals surface area contributed by atoms with Crippen molar-refractivity contribution in [1.82, 2.24) is 0 Å². The molecule has 0 unspecified atom stereocenters. The summed E-state index contributed by atoms with van der Waals surface area (Å²) < 4.78 is 27.4. The Morgan fingerprint density at radius 3 is 2.00 bits per heavy atom. The number of hydrogen-bond acceptors (Lipinski definition) is 6. The first-order valence-corrected chi connectivity index (χ1v) is 7.98. The summed E-state index contributed by atoms with van der Waals surface area (Å²) in [5.74, 6) is -1.02. The van der Waals surface area contributed by atoms with Gasteiger partial charge in [0.25, 0.3) is 0 Å². The van der Waals surface area contributed by atoms with Crippen LogP contribution in [0.2, 0.25) is 0 Å². The van der Waals surface area contributed by atoms with Crippen molar-refractivity contribution in [3.63, 3.8) is 0 Å². The minimum absolute atomic E-state index is 0.115. The molecule has 1 aromatic carbocycles. The number of rotatable bonds is 8. The van der Waals surface area contributed by atoms with Crippen molar-refractivity contribution in [2.45, 2.75) is 25.8 Å². The van der Waals surface area contributed by atoms with Gasteiger partial charge in [-0.1, -0.05) is 12.1 Å². The second-order valence-electron chi connectivity index (χ2n) is 4.01. The van der Waals surface area contributed by atoms with Gasteiger partial charge in [-0.3, -0.25) is 4.57 Å². The van der Waals surface area contributed by atoms with Crippen LogP contribution in [0, 0.1) is 0 Å². The highest BCUT2D eigenvalue weighted by Crippen LogP contribution is 2.55. The van der Waals surface area contributed by atoms with Crippen molar-refractivity contribution in [3.05, 3.63) is 29.8 Å². The molecule has 0 heterocycles. The van der Waals surface area contributed by atoms with Gasteiger partial charge in [-0.15, -0.1) is 0 Å². The lowest BCUT2D eigenvalue weighted by molar-refractivity contribution is 0.0400. The van der Waals surface area contributed by atoms with Gasteiger partial charge in [-0.05, 0) is 31.5 Å². The van der Waals surface area contributed by atoms with Gasteiger partial charge < -0.3 is 24.0 Å². The molecule has 7 heteroatoms. The fourth-order valence-corrected chi connectivity index (χ4v) is 3.31. The lowest BCUT2D eigenvalue weighted by Crippen LogP contribution is -2.21. The average Bonchev–Trinajstić information content (AvgIpc) is 2.46. The van der Waals surface area contributed by atoms with Crippen LogP contribution in [-0.2, 0) is 13.6 Å². The predicted molar refractivity (Wildman–Crippen MR) is 74.8 cm³/mol. The fraction of sp³-hybridized carbons (Fsp3) is 0.538. The molecule has 1 aromatic rings. The number of aliphatic hydroxyl groups excluding tert-OH is 2. The second-order valence-corrected chi connectivity index (χ2v) is 6.13. The molecule has 1 rings (SSSR count). The molecule has 0 aliphatic rings. The van der Waals surface area contributed by atoms with E-state index >= 15 is 0 Å². The number of aliphatic hydroxyl groups is 2. The van der Waals surface area contributed by atoms with E-state index in [9.17, 15) is 14.8 Å². The van der Waals surface area contributed by atoms with Crippen LogP contribution in [0.4, 0.5) is 0 Å². The molecule has 0 saturated carbocycles. The summed E-state index contributed by atoms with van der Waals surface area (Å²) in [5.41, 5.74) is 0.401. The van der Waals surface area contributed by atoms with Crippen LogP contribution < -0.4 is 4.74 Å². The monoisotopic (exact) mass is 304 g/mol. The third-order valence-corrected chi connectivity index (χ3v) is 4.85. The van der Waals surface area contributed by atoms with Gasteiger partial charge in [0.15, 0.2) is 5.85 Å². The van der Waals surface area contributed by atoms with Gasteiger partial charge in [0.05, 0.1) is 20.3 Å². The molecule has 2 atom stereocenters. The Labute approximate surface area is 118 Å². The van der Waals surface area contributed by atoms with E-state index in [0.29, 0.717) is 11.3 Å². The van der Waals surface area contributed by atoms with Crippen LogP contribution >= 0.6 is 7.60 Å². The minimum Gasteiger partial charge on any atom is -0.497 e. The van der Waals surface area contributed by atoms with Crippen molar-refractivity contribution in [1.29, 1.82) is 0 Å². The Hall–Kier alpha value is -0.910. The van der Waals surface area contributed by atoms with Crippen LogP contribution in [0.15, 0.2) is 24.3 Å². The molecule has 0 saturated heterocycles. The Balaban J connectivity index is 2.92. The smallest absolute Gasteiger partial charge is 0.361 e. The second kappa shape index (κ2) is 7.76. The molecule has 0 aliphatic heterocycles. The highest BCUT2D eigenvalue weighted by molar-refractivity contribution is 7.54. The molecule has 6 nitrogen and oxygen atoms in total. The van der Waals surface area contributed by atoms with E-state index in [1.54, 1.807) is 38.1 Å². The molecule has 0 aromatic heterocycles. The first kappa shape index (κ1) is 17.1. The maximum atomic E-state index is 12.4. The van der Waals surface area contributed by atoms with E-state index in [0.717, 1.165) is 0 Å². The average molecular weight is 304 g/mol. The van der Waals surface area contributed by atoms with Crippen molar-refractivity contribution >= 4 is 7.60 Å². The highest BCUT2D eigenvalue weighted by atomic mass is 31.2. The summed E-state index contributed by atoms with van der Waals surface area (Å²) in [7, 11) is -2.25. The van der Waals surface area contributed by atoms with Gasteiger partial charge in [0.1, 0.15) is 11.9 Å². The molecule has 0 fully saturated rings. The van der Waals surface area contributed by atoms with Crippen LogP contribution in [0.3, 0.4) is 0 Å². The first-order chi connectivity index (χ1) is 9.48. The van der Waals surface area contributed by atoms with Crippen molar-refractivity contribution in [2.24, 2.45) is 0 Å². The van der Waals surface area contributed by atoms with E-state index in [4.69, 9.17) is 13.8 Å². The van der Waals surface area contributed by atoms with Crippen molar-refractivity contribution in [2.75, 3.05) is 20.3 Å². The molecule has 0 aliphatic carbocycles. The molecule has 20 heavy (non-hydrogen) atoms. The third kappa shape index (κ3) is 4.04. The lowest BCUT2D eigenvalue weighted by atomic mass is 10.1. The van der Waals surface area contributed by atoms with E-state index < -0.39 is 19.5 Å². The van der Waals surface area contributed by atoms with Gasteiger partial charge >= 0.3 is 7.60 Å². The zero-order chi connectivity index (χ0) is 15.2. The SMILES string of the molecule is CCOP(=O)(OCC)[C@@H](O)[C@@H](O)c1ccc(OC)cc1. The summed E-state index contributed by atoms with van der Waals surface area (Å²) in [6.07, 6.45) is -1.37. The van der Waals surface area contributed by atoms with Crippen LogP contribution in [0.25, 0.3) is 0 Å². The standard InChI is InChI=1S/C13H21O6P/c1-4-18-20(16,19-5-2)13(15)12(14)10-6-8-11(17-3)9-7-10/h6-9,12-15H,4-5H2,1-3H3/t12-,13+/m0/s1.